The molecule has 2 aromatic heterocycles. The summed E-state index contributed by atoms with van der Waals surface area (Å²) in [4.78, 5) is 21.9. The number of hydrogen-bond acceptors (Lipinski definition) is 6. The van der Waals surface area contributed by atoms with Gasteiger partial charge in [0.15, 0.2) is 5.78 Å². The van der Waals surface area contributed by atoms with E-state index in [4.69, 9.17) is 10.5 Å². The molecule has 30 heavy (non-hydrogen) atoms. The molecule has 0 bridgehead atoms. The van der Waals surface area contributed by atoms with E-state index in [1.165, 1.54) is 0 Å². The third-order valence-corrected chi connectivity index (χ3v) is 5.71. The number of nitrogens with one attached hydrogen (secondary N) is 1. The molecule has 1 unspecified atom stereocenters. The van der Waals surface area contributed by atoms with Crippen LogP contribution in [0, 0.1) is 5.41 Å². The number of fused-ring (bicyclic) bond motifs is 1. The van der Waals surface area contributed by atoms with Gasteiger partial charge in [-0.05, 0) is 23.5 Å². The van der Waals surface area contributed by atoms with Crippen LogP contribution < -0.4 is 11.1 Å². The summed E-state index contributed by atoms with van der Waals surface area (Å²) in [5.74, 6) is -0.00904. The number of hydrogen-bond donors (Lipinski definition) is 2. The van der Waals surface area contributed by atoms with Gasteiger partial charge in [-0.1, -0.05) is 19.9 Å². The van der Waals surface area contributed by atoms with Gasteiger partial charge in [-0.2, -0.15) is 0 Å². The van der Waals surface area contributed by atoms with Gasteiger partial charge >= 0.3 is 0 Å². The number of nitrogens with two attached hydrogens (primary N) is 1. The van der Waals surface area contributed by atoms with Gasteiger partial charge in [0.1, 0.15) is 0 Å². The molecular weight excluding hydrogens is 378 g/mol. The molecule has 7 nitrogen and oxygen atoms in total. The van der Waals surface area contributed by atoms with E-state index >= 15 is 0 Å². The normalized spacial score (nSPS) is 21.5. The van der Waals surface area contributed by atoms with Gasteiger partial charge in [-0.3, -0.25) is 9.79 Å². The summed E-state index contributed by atoms with van der Waals surface area (Å²) in [6.45, 7) is 5.61. The molecule has 3 heterocycles. The van der Waals surface area contributed by atoms with E-state index in [0.717, 1.165) is 40.0 Å². The summed E-state index contributed by atoms with van der Waals surface area (Å²) in [6, 6.07) is 4.11. The van der Waals surface area contributed by atoms with E-state index < -0.39 is 0 Å². The van der Waals surface area contributed by atoms with Crippen molar-refractivity contribution in [2.45, 2.75) is 32.6 Å². The summed E-state index contributed by atoms with van der Waals surface area (Å²) in [7, 11) is 1.75. The maximum atomic E-state index is 13.3. The molecule has 1 aliphatic carbocycles. The molecule has 0 aromatic carbocycles. The summed E-state index contributed by atoms with van der Waals surface area (Å²) < 4.78 is 7.76. The maximum Gasteiger partial charge on any atom is 0.162 e. The van der Waals surface area contributed by atoms with Crippen molar-refractivity contribution in [2.24, 2.45) is 16.1 Å². The molecule has 0 saturated carbocycles. The van der Waals surface area contributed by atoms with Gasteiger partial charge in [0.05, 0.1) is 31.3 Å². The molecule has 7 heteroatoms. The van der Waals surface area contributed by atoms with Crippen LogP contribution in [0.5, 0.6) is 0 Å². The minimum atomic E-state index is -0.197. The maximum absolute atomic E-state index is 13.3. The summed E-state index contributed by atoms with van der Waals surface area (Å²) in [5, 5.41) is 3.53. The standard InChI is InChI=1S/C23H29N5O2/c1-23(2)8-18-22(20(29)9-23)21(15-4-5-16-10-26-14-28(16)12-15)17(11-25-3)19(27-18)13-30-7-6-24/h4-5,10-12,14,21,27H,6-9,13,24H2,1-3H3. The van der Waals surface area contributed by atoms with Gasteiger partial charge in [0.2, 0.25) is 0 Å². The Bertz CT molecular complexity index is 1060. The zero-order valence-electron chi connectivity index (χ0n) is 17.8. The van der Waals surface area contributed by atoms with Crippen LogP contribution in [0.4, 0.5) is 0 Å². The van der Waals surface area contributed by atoms with Crippen LogP contribution in [0.2, 0.25) is 0 Å². The van der Waals surface area contributed by atoms with E-state index in [1.54, 1.807) is 13.4 Å². The number of aromatic nitrogens is 2. The Morgan fingerprint density at radius 3 is 3.00 bits per heavy atom. The Balaban J connectivity index is 1.87. The van der Waals surface area contributed by atoms with Crippen LogP contribution in [0.3, 0.4) is 0 Å². The molecule has 0 saturated heterocycles. The first-order valence-corrected chi connectivity index (χ1v) is 10.3. The van der Waals surface area contributed by atoms with Gasteiger partial charge < -0.3 is 20.2 Å². The molecule has 2 aromatic rings. The largest absolute Gasteiger partial charge is 0.374 e. The minimum absolute atomic E-state index is 0.0820. The lowest BCUT2D eigenvalue weighted by Crippen LogP contribution is -2.39. The lowest BCUT2D eigenvalue weighted by Gasteiger charge is -2.40. The molecule has 158 valence electrons. The van der Waals surface area contributed by atoms with E-state index in [0.29, 0.717) is 26.2 Å². The van der Waals surface area contributed by atoms with Crippen molar-refractivity contribution in [3.05, 3.63) is 59.0 Å². The van der Waals surface area contributed by atoms with Crippen molar-refractivity contribution in [1.82, 2.24) is 14.7 Å². The quantitative estimate of drug-likeness (QED) is 0.567. The van der Waals surface area contributed by atoms with Crippen LogP contribution in [0.15, 0.2) is 58.4 Å². The molecule has 4 rings (SSSR count). The Morgan fingerprint density at radius 1 is 1.40 bits per heavy atom. The van der Waals surface area contributed by atoms with Gasteiger partial charge in [-0.25, -0.2) is 4.98 Å². The number of pyridine rings is 1. The van der Waals surface area contributed by atoms with Gasteiger partial charge in [-0.15, -0.1) is 0 Å². The molecule has 0 radical (unpaired) electrons. The number of aliphatic imine (C=N–C) groups is 1. The number of Topliss-reactive ketones (excluding diaryl/α,β-unsaturated/α-hetero) is 1. The van der Waals surface area contributed by atoms with E-state index in [-0.39, 0.29) is 17.1 Å². The zero-order valence-corrected chi connectivity index (χ0v) is 17.8. The molecule has 0 amide bonds. The second-order valence-electron chi connectivity index (χ2n) is 8.74. The van der Waals surface area contributed by atoms with Crippen LogP contribution in [-0.2, 0) is 9.53 Å². The minimum Gasteiger partial charge on any atom is -0.374 e. The SMILES string of the molecule is CN=CC1=C(COCCN)NC2=C(C(=O)CC(C)(C)C2)C1c1ccc2cncn2c1. The molecule has 0 spiro atoms. The highest BCUT2D eigenvalue weighted by molar-refractivity contribution is 6.02. The number of dihydropyridines is 1. The highest BCUT2D eigenvalue weighted by atomic mass is 16.5. The molecule has 2 aliphatic rings. The zero-order chi connectivity index (χ0) is 21.3. The van der Waals surface area contributed by atoms with E-state index in [2.05, 4.69) is 41.4 Å². The van der Waals surface area contributed by atoms with Crippen molar-refractivity contribution in [2.75, 3.05) is 26.8 Å². The molecule has 1 aliphatic heterocycles. The summed E-state index contributed by atoms with van der Waals surface area (Å²) in [5.41, 5.74) is 11.3. The fourth-order valence-electron chi connectivity index (χ4n) is 4.49. The van der Waals surface area contributed by atoms with Gasteiger partial charge in [0.25, 0.3) is 0 Å². The lowest BCUT2D eigenvalue weighted by atomic mass is 9.69. The third kappa shape index (κ3) is 3.82. The van der Waals surface area contributed by atoms with Crippen LogP contribution >= 0.6 is 0 Å². The number of ether oxygens (including phenoxy) is 1. The first kappa shape index (κ1) is 20.5. The Hall–Kier alpha value is -2.77. The average molecular weight is 408 g/mol. The van der Waals surface area contributed by atoms with Crippen molar-refractivity contribution in [1.29, 1.82) is 0 Å². The number of rotatable bonds is 6. The third-order valence-electron chi connectivity index (χ3n) is 5.71. The van der Waals surface area contributed by atoms with E-state index in [9.17, 15) is 4.79 Å². The monoisotopic (exact) mass is 407 g/mol. The molecule has 1 atom stereocenters. The van der Waals surface area contributed by atoms with Crippen molar-refractivity contribution < 1.29 is 9.53 Å². The smallest absolute Gasteiger partial charge is 0.162 e. The van der Waals surface area contributed by atoms with Gasteiger partial charge in [0, 0.05) is 60.9 Å². The predicted molar refractivity (Wildman–Crippen MR) is 117 cm³/mol. The molecule has 3 N–H and O–H groups in total. The van der Waals surface area contributed by atoms with Crippen molar-refractivity contribution in [3.8, 4) is 0 Å². The first-order chi connectivity index (χ1) is 14.4. The van der Waals surface area contributed by atoms with Crippen LogP contribution in [0.1, 0.15) is 38.2 Å². The molecule has 0 fully saturated rings. The second kappa shape index (κ2) is 8.16. The Morgan fingerprint density at radius 2 is 2.23 bits per heavy atom. The summed E-state index contributed by atoms with van der Waals surface area (Å²) >= 11 is 0. The van der Waals surface area contributed by atoms with Crippen LogP contribution in [-0.4, -0.2) is 48.2 Å². The highest BCUT2D eigenvalue weighted by Crippen LogP contribution is 2.46. The topological polar surface area (TPSA) is 94.0 Å². The second-order valence-corrected chi connectivity index (χ2v) is 8.74. The van der Waals surface area contributed by atoms with Crippen LogP contribution in [0.25, 0.3) is 5.52 Å². The fourth-order valence-corrected chi connectivity index (χ4v) is 4.49. The lowest BCUT2D eigenvalue weighted by molar-refractivity contribution is -0.118. The van der Waals surface area contributed by atoms with Crippen molar-refractivity contribution >= 4 is 17.5 Å². The number of nitrogens with zero attached hydrogens (tertiary/aromatic N) is 3. The predicted octanol–water partition coefficient (Wildman–Crippen LogP) is 2.59. The number of allylic oxidation sites excluding steroid dienone is 3. The highest BCUT2D eigenvalue weighted by Gasteiger charge is 2.41. The summed E-state index contributed by atoms with van der Waals surface area (Å²) in [6.07, 6.45) is 8.85. The molecular formula is C23H29N5O2. The average Bonchev–Trinajstić information content (AvgIpc) is 3.16. The van der Waals surface area contributed by atoms with Crippen molar-refractivity contribution in [3.63, 3.8) is 0 Å². The number of carbonyl (C=O) groups excluding carboxylic acids is 1. The number of ketones is 1. The van der Waals surface area contributed by atoms with E-state index in [1.807, 2.05) is 22.9 Å². The first-order valence-electron chi connectivity index (χ1n) is 10.3. The Labute approximate surface area is 176 Å². The number of carbonyl (C=O) groups is 1. The Kier molecular flexibility index (Phi) is 5.58. The number of imidazole rings is 1. The fraction of sp³-hybridized carbons (Fsp3) is 0.435.